The van der Waals surface area contributed by atoms with Crippen molar-refractivity contribution in [3.63, 3.8) is 0 Å². The molecular formula is C23H19N5O3S. The highest BCUT2D eigenvalue weighted by atomic mass is 32.1. The molecule has 4 rings (SSSR count). The van der Waals surface area contributed by atoms with Crippen molar-refractivity contribution in [2.45, 2.75) is 6.54 Å². The van der Waals surface area contributed by atoms with Gasteiger partial charge in [0.05, 0.1) is 17.8 Å². The van der Waals surface area contributed by atoms with E-state index >= 15 is 0 Å². The maximum Gasteiger partial charge on any atom is 0.259 e. The summed E-state index contributed by atoms with van der Waals surface area (Å²) in [6.07, 6.45) is 3.16. The van der Waals surface area contributed by atoms with E-state index in [4.69, 9.17) is 10.5 Å². The number of para-hydroxylation sites is 1. The fraction of sp³-hybridized carbons (Fsp3) is 0.0435. The summed E-state index contributed by atoms with van der Waals surface area (Å²) in [5.74, 6) is 0.521. The molecule has 0 saturated carbocycles. The number of ether oxygens (including phenoxy) is 1. The predicted molar refractivity (Wildman–Crippen MR) is 125 cm³/mol. The normalized spacial score (nSPS) is 12.2. The van der Waals surface area contributed by atoms with Gasteiger partial charge in [0.2, 0.25) is 0 Å². The van der Waals surface area contributed by atoms with Crippen molar-refractivity contribution in [1.29, 1.82) is 0 Å². The van der Waals surface area contributed by atoms with E-state index < -0.39 is 0 Å². The highest BCUT2D eigenvalue weighted by molar-refractivity contribution is 7.13. The van der Waals surface area contributed by atoms with Crippen molar-refractivity contribution >= 4 is 40.6 Å². The zero-order valence-corrected chi connectivity index (χ0v) is 17.7. The number of carbonyl (C=O) groups excluding carboxylic acids is 2. The Morgan fingerprint density at radius 1 is 1.25 bits per heavy atom. The highest BCUT2D eigenvalue weighted by Crippen LogP contribution is 2.36. The summed E-state index contributed by atoms with van der Waals surface area (Å²) < 4.78 is 5.84. The van der Waals surface area contributed by atoms with Gasteiger partial charge in [-0.3, -0.25) is 9.59 Å². The molecule has 4 N–H and O–H groups in total. The van der Waals surface area contributed by atoms with Gasteiger partial charge in [-0.15, -0.1) is 11.3 Å². The summed E-state index contributed by atoms with van der Waals surface area (Å²) in [5.41, 5.74) is 7.26. The summed E-state index contributed by atoms with van der Waals surface area (Å²) in [6.45, 7) is 7.67. The minimum absolute atomic E-state index is 0.182. The van der Waals surface area contributed by atoms with E-state index in [1.165, 1.54) is 17.6 Å². The van der Waals surface area contributed by atoms with E-state index in [0.717, 1.165) is 4.88 Å². The summed E-state index contributed by atoms with van der Waals surface area (Å²) >= 11 is 1.38. The van der Waals surface area contributed by atoms with E-state index in [9.17, 15) is 9.59 Å². The summed E-state index contributed by atoms with van der Waals surface area (Å²) in [4.78, 5) is 34.2. The lowest BCUT2D eigenvalue weighted by molar-refractivity contribution is 0.0950. The number of anilines is 1. The maximum atomic E-state index is 12.7. The van der Waals surface area contributed by atoms with E-state index in [1.807, 2.05) is 0 Å². The van der Waals surface area contributed by atoms with Crippen LogP contribution in [0.2, 0.25) is 0 Å². The molecular weight excluding hydrogens is 426 g/mol. The first-order chi connectivity index (χ1) is 15.4. The van der Waals surface area contributed by atoms with Gasteiger partial charge in [-0.05, 0) is 30.3 Å². The Balaban J connectivity index is 1.43. The molecule has 0 atom stereocenters. The number of aliphatic imine (C=N–C) groups is 1. The SMILES string of the molecule is C=C(N)/N=C\C(=C)c1ncc(CNC(=O)c2ccc3c(c2)NC(=O)c2ccccc2O3)s1. The number of carbonyl (C=O) groups is 2. The van der Waals surface area contributed by atoms with Gasteiger partial charge in [-0.1, -0.05) is 25.3 Å². The third-order valence-corrected chi connectivity index (χ3v) is 5.55. The van der Waals surface area contributed by atoms with Crippen LogP contribution in [0.5, 0.6) is 11.5 Å². The standard InChI is InChI=1S/C23H19N5O3S/c1-13(10-25-14(2)24)23-27-12-16(32-23)11-26-21(29)15-7-8-20-18(9-15)28-22(30)17-5-3-4-6-19(17)31-20/h3-10,12H,1-2,11,24H2,(H,26,29)(H,28,30)/b25-10-. The van der Waals surface area contributed by atoms with Crippen LogP contribution in [0.25, 0.3) is 5.57 Å². The van der Waals surface area contributed by atoms with Gasteiger partial charge in [-0.2, -0.15) is 0 Å². The maximum absolute atomic E-state index is 12.7. The Bertz CT molecular complexity index is 1280. The van der Waals surface area contributed by atoms with Crippen LogP contribution in [0, 0.1) is 0 Å². The summed E-state index contributed by atoms with van der Waals surface area (Å²) in [6, 6.07) is 11.8. The van der Waals surface area contributed by atoms with Crippen LogP contribution in [0.4, 0.5) is 5.69 Å². The van der Waals surface area contributed by atoms with Crippen LogP contribution in [-0.2, 0) is 6.54 Å². The molecule has 2 heterocycles. The van der Waals surface area contributed by atoms with Crippen molar-refractivity contribution < 1.29 is 14.3 Å². The molecule has 0 unspecified atom stereocenters. The Kier molecular flexibility index (Phi) is 5.82. The van der Waals surface area contributed by atoms with Crippen LogP contribution in [-0.4, -0.2) is 23.0 Å². The Labute approximate surface area is 188 Å². The van der Waals surface area contributed by atoms with Crippen molar-refractivity contribution in [1.82, 2.24) is 10.3 Å². The topological polar surface area (TPSA) is 119 Å². The second-order valence-electron chi connectivity index (χ2n) is 6.85. The molecule has 160 valence electrons. The second kappa shape index (κ2) is 8.86. The minimum Gasteiger partial charge on any atom is -0.454 e. The number of rotatable bonds is 6. The smallest absolute Gasteiger partial charge is 0.259 e. The van der Waals surface area contributed by atoms with Crippen molar-refractivity contribution in [2.75, 3.05) is 5.32 Å². The summed E-state index contributed by atoms with van der Waals surface area (Å²) in [7, 11) is 0. The summed E-state index contributed by atoms with van der Waals surface area (Å²) in [5, 5.41) is 6.31. The van der Waals surface area contributed by atoms with Gasteiger partial charge in [0, 0.05) is 28.4 Å². The number of hydrogen-bond donors (Lipinski definition) is 3. The average Bonchev–Trinajstić information content (AvgIpc) is 3.21. The molecule has 2 aromatic carbocycles. The van der Waals surface area contributed by atoms with Gasteiger partial charge in [0.1, 0.15) is 16.6 Å². The third-order valence-electron chi connectivity index (χ3n) is 4.48. The van der Waals surface area contributed by atoms with Crippen LogP contribution in [0.3, 0.4) is 0 Å². The molecule has 1 aliphatic heterocycles. The number of amides is 2. The molecule has 32 heavy (non-hydrogen) atoms. The fourth-order valence-corrected chi connectivity index (χ4v) is 3.72. The van der Waals surface area contributed by atoms with Gasteiger partial charge in [0.15, 0.2) is 5.75 Å². The molecule has 0 spiro atoms. The number of nitrogens with zero attached hydrogens (tertiary/aromatic N) is 2. The molecule has 8 nitrogen and oxygen atoms in total. The quantitative estimate of drug-likeness (QED) is 0.497. The Hall–Kier alpha value is -4.24. The zero-order valence-electron chi connectivity index (χ0n) is 16.9. The third kappa shape index (κ3) is 4.57. The molecule has 0 aliphatic carbocycles. The van der Waals surface area contributed by atoms with E-state index in [2.05, 4.69) is 33.8 Å². The number of aromatic nitrogens is 1. The largest absolute Gasteiger partial charge is 0.454 e. The average molecular weight is 446 g/mol. The first-order valence-electron chi connectivity index (χ1n) is 9.53. The Morgan fingerprint density at radius 3 is 2.88 bits per heavy atom. The predicted octanol–water partition coefficient (Wildman–Crippen LogP) is 3.95. The van der Waals surface area contributed by atoms with E-state index in [1.54, 1.807) is 48.7 Å². The van der Waals surface area contributed by atoms with Gasteiger partial charge >= 0.3 is 0 Å². The molecule has 9 heteroatoms. The molecule has 1 aromatic heterocycles. The number of fused-ring (bicyclic) bond motifs is 2. The van der Waals surface area contributed by atoms with Crippen LogP contribution < -0.4 is 21.1 Å². The molecule has 3 aromatic rings. The number of nitrogens with two attached hydrogens (primary N) is 1. The number of thiazole rings is 1. The lowest BCUT2D eigenvalue weighted by Crippen LogP contribution is -2.22. The molecule has 0 radical (unpaired) electrons. The first kappa shape index (κ1) is 21.0. The van der Waals surface area contributed by atoms with Gasteiger partial charge < -0.3 is 21.1 Å². The molecule has 0 saturated heterocycles. The minimum atomic E-state index is -0.295. The van der Waals surface area contributed by atoms with Crippen molar-refractivity contribution in [3.05, 3.63) is 88.7 Å². The number of allylic oxidation sites excluding steroid dienone is 1. The molecule has 1 aliphatic rings. The lowest BCUT2D eigenvalue weighted by Gasteiger charge is -2.10. The Morgan fingerprint density at radius 2 is 2.06 bits per heavy atom. The second-order valence-corrected chi connectivity index (χ2v) is 7.97. The molecule has 0 fully saturated rings. The first-order valence-corrected chi connectivity index (χ1v) is 10.4. The fourth-order valence-electron chi connectivity index (χ4n) is 2.93. The van der Waals surface area contributed by atoms with Crippen molar-refractivity contribution in [3.8, 4) is 11.5 Å². The molecule has 0 bridgehead atoms. The van der Waals surface area contributed by atoms with Crippen LogP contribution in [0.15, 0.2) is 72.6 Å². The van der Waals surface area contributed by atoms with Crippen molar-refractivity contribution in [2.24, 2.45) is 10.7 Å². The van der Waals surface area contributed by atoms with Crippen LogP contribution >= 0.6 is 11.3 Å². The molecule has 2 amide bonds. The zero-order chi connectivity index (χ0) is 22.7. The number of hydrogen-bond acceptors (Lipinski definition) is 7. The lowest BCUT2D eigenvalue weighted by atomic mass is 10.1. The highest BCUT2D eigenvalue weighted by Gasteiger charge is 2.21. The van der Waals surface area contributed by atoms with Gasteiger partial charge in [0.25, 0.3) is 11.8 Å². The monoisotopic (exact) mass is 445 g/mol. The number of nitrogens with one attached hydrogen (secondary N) is 2. The number of benzene rings is 2. The van der Waals surface area contributed by atoms with Gasteiger partial charge in [-0.25, -0.2) is 9.98 Å². The van der Waals surface area contributed by atoms with E-state index in [0.29, 0.717) is 38.9 Å². The van der Waals surface area contributed by atoms with E-state index in [-0.39, 0.29) is 24.2 Å². The van der Waals surface area contributed by atoms with Crippen LogP contribution in [0.1, 0.15) is 30.6 Å².